The van der Waals surface area contributed by atoms with E-state index in [1.54, 1.807) is 37.2 Å². The fraction of sp³-hybridized carbons (Fsp3) is 0.300. The molecule has 160 valence electrons. The highest BCUT2D eigenvalue weighted by atomic mass is 19.4. The third-order valence-corrected chi connectivity index (χ3v) is 5.42. The summed E-state index contributed by atoms with van der Waals surface area (Å²) in [6, 6.07) is 1.73. The van der Waals surface area contributed by atoms with E-state index in [4.69, 9.17) is 0 Å². The first-order chi connectivity index (χ1) is 14.7. The molecule has 0 spiro atoms. The first-order valence-corrected chi connectivity index (χ1v) is 9.64. The molecule has 4 bridgehead atoms. The van der Waals surface area contributed by atoms with Crippen molar-refractivity contribution in [1.82, 2.24) is 34.4 Å². The molecule has 0 unspecified atom stereocenters. The van der Waals surface area contributed by atoms with Gasteiger partial charge in [-0.2, -0.15) is 23.4 Å². The Morgan fingerprint density at radius 3 is 2.65 bits per heavy atom. The molecule has 1 N–H and O–H groups in total. The molecule has 11 heteroatoms. The van der Waals surface area contributed by atoms with Crippen LogP contribution in [-0.4, -0.2) is 53.9 Å². The van der Waals surface area contributed by atoms with Gasteiger partial charge in [0.25, 0.3) is 5.91 Å². The summed E-state index contributed by atoms with van der Waals surface area (Å²) in [6.45, 7) is 0.583. The topological polar surface area (TPSA) is 84.6 Å². The summed E-state index contributed by atoms with van der Waals surface area (Å²) in [5, 5.41) is 8.64. The number of amides is 1. The van der Waals surface area contributed by atoms with Gasteiger partial charge in [0.1, 0.15) is 5.65 Å². The van der Waals surface area contributed by atoms with Gasteiger partial charge in [0.15, 0.2) is 11.4 Å². The second-order valence-corrected chi connectivity index (χ2v) is 7.62. The van der Waals surface area contributed by atoms with Crippen molar-refractivity contribution in [2.24, 2.45) is 7.05 Å². The number of fused-ring (bicyclic) bond motifs is 6. The lowest BCUT2D eigenvalue weighted by Gasteiger charge is -2.16. The Balaban J connectivity index is 1.79. The average Bonchev–Trinajstić information content (AvgIpc) is 3.41. The van der Waals surface area contributed by atoms with Gasteiger partial charge in [0.2, 0.25) is 0 Å². The lowest BCUT2D eigenvalue weighted by molar-refractivity contribution is -0.141. The number of H-pyrrole nitrogens is 1. The van der Waals surface area contributed by atoms with Crippen molar-refractivity contribution in [2.45, 2.75) is 19.1 Å². The van der Waals surface area contributed by atoms with E-state index in [1.807, 2.05) is 0 Å². The standard InChI is InChI=1S/C20H18F3N7O/c1-28-4-3-5-30-10-15(17(27-30)20(21,22)23)13-8-25-18-12(13)6-11(7-24-18)14-9-29(2)26-16(14)19(28)31/h6-10H,3-5H2,1-2H3,(H,24,25). The van der Waals surface area contributed by atoms with Crippen LogP contribution in [0.1, 0.15) is 22.6 Å². The van der Waals surface area contributed by atoms with E-state index in [1.165, 1.54) is 22.0 Å². The number of hydrogen-bond donors (Lipinski definition) is 1. The zero-order chi connectivity index (χ0) is 21.9. The number of carbonyl (C=O) groups is 1. The lowest BCUT2D eigenvalue weighted by Crippen LogP contribution is -2.29. The zero-order valence-corrected chi connectivity index (χ0v) is 16.7. The molecule has 0 aliphatic carbocycles. The number of hydrogen-bond acceptors (Lipinski definition) is 4. The smallest absolute Gasteiger partial charge is 0.346 e. The summed E-state index contributed by atoms with van der Waals surface area (Å²) in [4.78, 5) is 21.8. The number of alkyl halides is 3. The van der Waals surface area contributed by atoms with E-state index in [-0.39, 0.29) is 23.7 Å². The third kappa shape index (κ3) is 3.16. The van der Waals surface area contributed by atoms with Gasteiger partial charge in [0.05, 0.1) is 0 Å². The summed E-state index contributed by atoms with van der Waals surface area (Å²) in [5.41, 5.74) is 1.29. The van der Waals surface area contributed by atoms with Gasteiger partial charge in [-0.25, -0.2) is 4.98 Å². The number of carbonyl (C=O) groups excluding carboxylic acids is 1. The zero-order valence-electron chi connectivity index (χ0n) is 16.7. The molecule has 31 heavy (non-hydrogen) atoms. The molecule has 0 atom stereocenters. The van der Waals surface area contributed by atoms with Crippen LogP contribution in [0.15, 0.2) is 30.9 Å². The highest BCUT2D eigenvalue weighted by Gasteiger charge is 2.38. The van der Waals surface area contributed by atoms with E-state index >= 15 is 0 Å². The van der Waals surface area contributed by atoms with Gasteiger partial charge >= 0.3 is 6.18 Å². The van der Waals surface area contributed by atoms with Gasteiger partial charge in [-0.1, -0.05) is 0 Å². The Morgan fingerprint density at radius 2 is 1.87 bits per heavy atom. The molecule has 0 radical (unpaired) electrons. The number of aromatic amines is 1. The Hall–Kier alpha value is -3.63. The molecule has 0 aromatic carbocycles. The molecule has 4 aromatic heterocycles. The van der Waals surface area contributed by atoms with Crippen molar-refractivity contribution in [3.8, 4) is 22.3 Å². The minimum absolute atomic E-state index is 0.00870. The van der Waals surface area contributed by atoms with Crippen molar-refractivity contribution < 1.29 is 18.0 Å². The predicted octanol–water partition coefficient (Wildman–Crippen LogP) is 3.32. The van der Waals surface area contributed by atoms with Gasteiger partial charge in [-0.3, -0.25) is 14.2 Å². The number of aryl methyl sites for hydroxylation is 2. The SMILES string of the molecule is CN1CCCn2cc(c(C(F)(F)F)n2)-c2c[nH]c3ncc(cc23)-c2cn(C)nc2C1=O. The molecule has 1 aliphatic rings. The molecule has 0 saturated carbocycles. The molecule has 1 aliphatic heterocycles. The maximum Gasteiger partial charge on any atom is 0.435 e. The van der Waals surface area contributed by atoms with Crippen molar-refractivity contribution in [3.63, 3.8) is 0 Å². The van der Waals surface area contributed by atoms with Crippen LogP contribution in [0.25, 0.3) is 33.3 Å². The van der Waals surface area contributed by atoms with Gasteiger partial charge in [-0.15, -0.1) is 0 Å². The minimum atomic E-state index is -4.60. The van der Waals surface area contributed by atoms with Gasteiger partial charge in [-0.05, 0) is 12.5 Å². The monoisotopic (exact) mass is 429 g/mol. The Labute approximate surface area is 174 Å². The third-order valence-electron chi connectivity index (χ3n) is 5.42. The first kappa shape index (κ1) is 19.3. The summed E-state index contributed by atoms with van der Waals surface area (Å²) in [5.74, 6) is -0.265. The van der Waals surface area contributed by atoms with Crippen LogP contribution in [0.3, 0.4) is 0 Å². The van der Waals surface area contributed by atoms with Crippen molar-refractivity contribution in [2.75, 3.05) is 13.6 Å². The molecule has 5 rings (SSSR count). The minimum Gasteiger partial charge on any atom is -0.346 e. The Kier molecular flexibility index (Phi) is 4.17. The summed E-state index contributed by atoms with van der Waals surface area (Å²) < 4.78 is 44.1. The first-order valence-electron chi connectivity index (χ1n) is 9.64. The fourth-order valence-electron chi connectivity index (χ4n) is 3.93. The quantitative estimate of drug-likeness (QED) is 0.465. The van der Waals surface area contributed by atoms with E-state index < -0.39 is 11.9 Å². The van der Waals surface area contributed by atoms with Crippen LogP contribution in [0.2, 0.25) is 0 Å². The molecule has 1 amide bonds. The van der Waals surface area contributed by atoms with Crippen LogP contribution in [0.5, 0.6) is 0 Å². The molecule has 0 saturated heterocycles. The van der Waals surface area contributed by atoms with Gasteiger partial charge < -0.3 is 9.88 Å². The molecule has 5 heterocycles. The van der Waals surface area contributed by atoms with Crippen molar-refractivity contribution in [3.05, 3.63) is 42.2 Å². The van der Waals surface area contributed by atoms with Crippen LogP contribution in [-0.2, 0) is 19.8 Å². The summed E-state index contributed by atoms with van der Waals surface area (Å²) >= 11 is 0. The normalized spacial score (nSPS) is 14.9. The van der Waals surface area contributed by atoms with Crippen molar-refractivity contribution in [1.29, 1.82) is 0 Å². The highest BCUT2D eigenvalue weighted by Crippen LogP contribution is 2.39. The van der Waals surface area contributed by atoms with E-state index in [0.717, 1.165) is 0 Å². The van der Waals surface area contributed by atoms with Crippen LogP contribution < -0.4 is 0 Å². The van der Waals surface area contributed by atoms with Gasteiger partial charge in [0, 0.05) is 79.6 Å². The molecule has 0 fully saturated rings. The molecular weight excluding hydrogens is 411 g/mol. The maximum atomic E-state index is 13.7. The van der Waals surface area contributed by atoms with Crippen molar-refractivity contribution >= 4 is 16.9 Å². The second kappa shape index (κ2) is 6.69. The van der Waals surface area contributed by atoms with E-state index in [2.05, 4.69) is 20.2 Å². The summed E-state index contributed by atoms with van der Waals surface area (Å²) in [6.07, 6.45) is 2.04. The largest absolute Gasteiger partial charge is 0.435 e. The number of pyridine rings is 1. The van der Waals surface area contributed by atoms with Crippen LogP contribution in [0.4, 0.5) is 13.2 Å². The maximum absolute atomic E-state index is 13.7. The predicted molar refractivity (Wildman–Crippen MR) is 106 cm³/mol. The number of halogens is 3. The average molecular weight is 429 g/mol. The van der Waals surface area contributed by atoms with E-state index in [9.17, 15) is 18.0 Å². The fourth-order valence-corrected chi connectivity index (χ4v) is 3.93. The molecular formula is C20H18F3N7O. The van der Waals surface area contributed by atoms with Crippen LogP contribution in [0, 0.1) is 0 Å². The molecule has 8 nitrogen and oxygen atoms in total. The highest BCUT2D eigenvalue weighted by molar-refractivity contribution is 6.01. The van der Waals surface area contributed by atoms with E-state index in [0.29, 0.717) is 40.7 Å². The lowest BCUT2D eigenvalue weighted by atomic mass is 10.0. The number of nitrogens with zero attached hydrogens (tertiary/aromatic N) is 6. The summed E-state index contributed by atoms with van der Waals surface area (Å²) in [7, 11) is 3.36. The number of nitrogens with one attached hydrogen (secondary N) is 1. The number of aromatic nitrogens is 6. The molecule has 4 aromatic rings. The second-order valence-electron chi connectivity index (χ2n) is 7.62. The van der Waals surface area contributed by atoms with Crippen LogP contribution >= 0.6 is 0 Å². The number of rotatable bonds is 0. The Morgan fingerprint density at radius 1 is 1.06 bits per heavy atom. The Bertz CT molecular complexity index is 1310.